The molecule has 5 nitrogen and oxygen atoms in total. The zero-order valence-electron chi connectivity index (χ0n) is 10.8. The maximum absolute atomic E-state index is 12.5. The van der Waals surface area contributed by atoms with Gasteiger partial charge in [-0.25, -0.2) is 9.97 Å². The normalized spacial score (nSPS) is 11.5. The van der Waals surface area contributed by atoms with Crippen molar-refractivity contribution in [1.82, 2.24) is 9.97 Å². The first kappa shape index (κ1) is 15.5. The maximum atomic E-state index is 12.5. The van der Waals surface area contributed by atoms with E-state index in [0.29, 0.717) is 17.9 Å². The molecule has 0 aromatic carbocycles. The molecule has 0 spiro atoms. The van der Waals surface area contributed by atoms with Gasteiger partial charge in [0.05, 0.1) is 6.61 Å². The minimum Gasteiger partial charge on any atom is -0.395 e. The van der Waals surface area contributed by atoms with Crippen molar-refractivity contribution in [2.24, 2.45) is 0 Å². The number of halogens is 3. The number of hydrogen-bond acceptors (Lipinski definition) is 5. The molecular weight excluding hydrogens is 261 g/mol. The molecule has 1 aromatic heterocycles. The SMILES string of the molecule is CCNc1ncnc(N(CCO)CC(F)(F)F)c1C. The number of nitrogens with zero attached hydrogens (tertiary/aromatic N) is 3. The number of aliphatic hydroxyl groups excluding tert-OH is 1. The Balaban J connectivity index is 3.05. The number of aromatic nitrogens is 2. The predicted octanol–water partition coefficient (Wildman–Crippen LogP) is 1.58. The average Bonchev–Trinajstić information content (AvgIpc) is 2.30. The van der Waals surface area contributed by atoms with Gasteiger partial charge in [0.25, 0.3) is 0 Å². The highest BCUT2D eigenvalue weighted by Crippen LogP contribution is 2.25. The second-order valence-corrected chi connectivity index (χ2v) is 3.96. The highest BCUT2D eigenvalue weighted by molar-refractivity contribution is 5.57. The monoisotopic (exact) mass is 278 g/mol. The fourth-order valence-electron chi connectivity index (χ4n) is 1.70. The summed E-state index contributed by atoms with van der Waals surface area (Å²) < 4.78 is 37.5. The Morgan fingerprint density at radius 1 is 1.37 bits per heavy atom. The first-order valence-electron chi connectivity index (χ1n) is 5.87. The van der Waals surface area contributed by atoms with Gasteiger partial charge in [0, 0.05) is 18.7 Å². The molecule has 0 unspecified atom stereocenters. The van der Waals surface area contributed by atoms with Gasteiger partial charge in [0.2, 0.25) is 0 Å². The Morgan fingerprint density at radius 3 is 2.58 bits per heavy atom. The van der Waals surface area contributed by atoms with Crippen molar-refractivity contribution in [3.63, 3.8) is 0 Å². The Labute approximate surface area is 109 Å². The van der Waals surface area contributed by atoms with Gasteiger partial charge in [-0.05, 0) is 13.8 Å². The van der Waals surface area contributed by atoms with Crippen LogP contribution in [0.15, 0.2) is 6.33 Å². The van der Waals surface area contributed by atoms with Crippen molar-refractivity contribution in [3.05, 3.63) is 11.9 Å². The summed E-state index contributed by atoms with van der Waals surface area (Å²) in [7, 11) is 0. The Bertz CT molecular complexity index is 411. The first-order valence-corrected chi connectivity index (χ1v) is 5.87. The lowest BCUT2D eigenvalue weighted by molar-refractivity contribution is -0.120. The van der Waals surface area contributed by atoms with Gasteiger partial charge in [-0.2, -0.15) is 13.2 Å². The molecule has 0 aliphatic heterocycles. The van der Waals surface area contributed by atoms with Crippen LogP contribution >= 0.6 is 0 Å². The van der Waals surface area contributed by atoms with Crippen LogP contribution in [0, 0.1) is 6.92 Å². The summed E-state index contributed by atoms with van der Waals surface area (Å²) in [5.41, 5.74) is 0.530. The van der Waals surface area contributed by atoms with Crippen molar-refractivity contribution >= 4 is 11.6 Å². The van der Waals surface area contributed by atoms with Crippen LogP contribution in [0.1, 0.15) is 12.5 Å². The van der Waals surface area contributed by atoms with Gasteiger partial charge in [0.15, 0.2) is 0 Å². The van der Waals surface area contributed by atoms with E-state index in [9.17, 15) is 13.2 Å². The predicted molar refractivity (Wildman–Crippen MR) is 66.3 cm³/mol. The molecule has 1 rings (SSSR count). The molecular formula is C11H17F3N4O. The largest absolute Gasteiger partial charge is 0.405 e. The molecule has 0 atom stereocenters. The lowest BCUT2D eigenvalue weighted by Crippen LogP contribution is -2.37. The van der Waals surface area contributed by atoms with Crippen molar-refractivity contribution in [1.29, 1.82) is 0 Å². The van der Waals surface area contributed by atoms with Crippen LogP contribution in [0.4, 0.5) is 24.8 Å². The smallest absolute Gasteiger partial charge is 0.395 e. The van der Waals surface area contributed by atoms with Gasteiger partial charge in [-0.3, -0.25) is 0 Å². The van der Waals surface area contributed by atoms with Crippen LogP contribution in [-0.4, -0.2) is 47.5 Å². The van der Waals surface area contributed by atoms with E-state index in [0.717, 1.165) is 4.90 Å². The Morgan fingerprint density at radius 2 is 2.05 bits per heavy atom. The molecule has 0 aliphatic rings. The van der Waals surface area contributed by atoms with Crippen LogP contribution < -0.4 is 10.2 Å². The van der Waals surface area contributed by atoms with E-state index in [-0.39, 0.29) is 19.0 Å². The van der Waals surface area contributed by atoms with E-state index >= 15 is 0 Å². The Hall–Kier alpha value is -1.57. The third kappa shape index (κ3) is 4.55. The molecule has 1 aromatic rings. The first-order chi connectivity index (χ1) is 8.89. The maximum Gasteiger partial charge on any atom is 0.405 e. The van der Waals surface area contributed by atoms with Crippen molar-refractivity contribution in [3.8, 4) is 0 Å². The molecule has 0 amide bonds. The van der Waals surface area contributed by atoms with Crippen molar-refractivity contribution in [2.45, 2.75) is 20.0 Å². The van der Waals surface area contributed by atoms with Gasteiger partial charge >= 0.3 is 6.18 Å². The molecule has 8 heteroatoms. The fourth-order valence-corrected chi connectivity index (χ4v) is 1.70. The molecule has 2 N–H and O–H groups in total. The summed E-state index contributed by atoms with van der Waals surface area (Å²) in [5.74, 6) is 0.676. The summed E-state index contributed by atoms with van der Waals surface area (Å²) >= 11 is 0. The standard InChI is InChI=1S/C11H17F3N4O/c1-3-15-9-8(2)10(17-7-16-9)18(4-5-19)6-11(12,13)14/h7,19H,3-6H2,1-2H3,(H,15,16,17). The number of anilines is 2. The number of aliphatic hydroxyl groups is 1. The molecule has 1 heterocycles. The minimum absolute atomic E-state index is 0.136. The number of alkyl halides is 3. The van der Waals surface area contributed by atoms with Gasteiger partial charge in [-0.1, -0.05) is 0 Å². The van der Waals surface area contributed by atoms with Gasteiger partial charge in [-0.15, -0.1) is 0 Å². The number of hydrogen-bond donors (Lipinski definition) is 2. The minimum atomic E-state index is -4.36. The summed E-state index contributed by atoms with van der Waals surface area (Å²) in [4.78, 5) is 8.86. The van der Waals surface area contributed by atoms with E-state index in [2.05, 4.69) is 15.3 Å². The summed E-state index contributed by atoms with van der Waals surface area (Å²) in [6.07, 6.45) is -3.15. The highest BCUT2D eigenvalue weighted by atomic mass is 19.4. The van der Waals surface area contributed by atoms with E-state index in [4.69, 9.17) is 5.11 Å². The van der Waals surface area contributed by atoms with E-state index in [1.165, 1.54) is 6.33 Å². The van der Waals surface area contributed by atoms with Crippen LogP contribution in [0.3, 0.4) is 0 Å². The van der Waals surface area contributed by atoms with Gasteiger partial charge < -0.3 is 15.3 Å². The molecule has 0 aliphatic carbocycles. The average molecular weight is 278 g/mol. The Kier molecular flexibility index (Phi) is 5.34. The van der Waals surface area contributed by atoms with Gasteiger partial charge in [0.1, 0.15) is 24.5 Å². The van der Waals surface area contributed by atoms with Crippen molar-refractivity contribution < 1.29 is 18.3 Å². The lowest BCUT2D eigenvalue weighted by atomic mass is 10.2. The fraction of sp³-hybridized carbons (Fsp3) is 0.636. The summed E-state index contributed by atoms with van der Waals surface area (Å²) in [6.45, 7) is 2.45. The van der Waals surface area contributed by atoms with E-state index in [1.807, 2.05) is 6.92 Å². The molecule has 108 valence electrons. The molecule has 0 fully saturated rings. The topological polar surface area (TPSA) is 61.3 Å². The third-order valence-corrected chi connectivity index (χ3v) is 2.44. The highest BCUT2D eigenvalue weighted by Gasteiger charge is 2.32. The van der Waals surface area contributed by atoms with Crippen LogP contribution in [0.5, 0.6) is 0 Å². The second-order valence-electron chi connectivity index (χ2n) is 3.96. The summed E-state index contributed by atoms with van der Waals surface area (Å²) in [6, 6.07) is 0. The summed E-state index contributed by atoms with van der Waals surface area (Å²) in [5, 5.41) is 11.8. The van der Waals surface area contributed by atoms with E-state index in [1.54, 1.807) is 6.92 Å². The van der Waals surface area contributed by atoms with Crippen LogP contribution in [-0.2, 0) is 0 Å². The number of rotatable bonds is 6. The number of nitrogens with one attached hydrogen (secondary N) is 1. The van der Waals surface area contributed by atoms with Crippen LogP contribution in [0.2, 0.25) is 0 Å². The second kappa shape index (κ2) is 6.55. The quantitative estimate of drug-likeness (QED) is 0.827. The van der Waals surface area contributed by atoms with Crippen molar-refractivity contribution in [2.75, 3.05) is 36.5 Å². The van der Waals surface area contributed by atoms with Crippen LogP contribution in [0.25, 0.3) is 0 Å². The molecule has 19 heavy (non-hydrogen) atoms. The third-order valence-electron chi connectivity index (χ3n) is 2.44. The lowest BCUT2D eigenvalue weighted by Gasteiger charge is -2.26. The molecule has 0 saturated carbocycles. The van der Waals surface area contributed by atoms with E-state index < -0.39 is 12.7 Å². The molecule has 0 radical (unpaired) electrons. The molecule has 0 bridgehead atoms. The zero-order valence-corrected chi connectivity index (χ0v) is 10.8. The molecule has 0 saturated heterocycles. The zero-order chi connectivity index (χ0) is 14.5.